The van der Waals surface area contributed by atoms with Crippen molar-refractivity contribution in [3.05, 3.63) is 35.9 Å². The summed E-state index contributed by atoms with van der Waals surface area (Å²) in [5.41, 5.74) is 0.818. The third-order valence-corrected chi connectivity index (χ3v) is 3.93. The van der Waals surface area contributed by atoms with Crippen molar-refractivity contribution in [2.24, 2.45) is 5.41 Å². The van der Waals surface area contributed by atoms with Crippen LogP contribution in [0.25, 0.3) is 0 Å². The van der Waals surface area contributed by atoms with E-state index in [-0.39, 0.29) is 5.41 Å². The van der Waals surface area contributed by atoms with Crippen LogP contribution in [0.1, 0.15) is 44.6 Å². The van der Waals surface area contributed by atoms with Gasteiger partial charge in [0.15, 0.2) is 0 Å². The maximum Gasteiger partial charge on any atom is 0.139 e. The number of hydrogen-bond donors (Lipinski definition) is 0. The molecule has 1 aliphatic carbocycles. The molecule has 2 nitrogen and oxygen atoms in total. The Labute approximate surface area is 108 Å². The molecule has 0 aliphatic heterocycles. The van der Waals surface area contributed by atoms with Gasteiger partial charge in [0.2, 0.25) is 0 Å². The first-order valence-electron chi connectivity index (χ1n) is 6.69. The molecule has 0 heterocycles. The highest BCUT2D eigenvalue weighted by molar-refractivity contribution is 5.88. The van der Waals surface area contributed by atoms with E-state index in [1.54, 1.807) is 0 Å². The summed E-state index contributed by atoms with van der Waals surface area (Å²) in [6.07, 6.45) is 3.85. The zero-order chi connectivity index (χ0) is 13.0. The normalized spacial score (nSPS) is 25.6. The molecule has 96 valence electrons. The molecule has 1 saturated carbocycles. The monoisotopic (exact) mass is 244 g/mol. The van der Waals surface area contributed by atoms with Crippen molar-refractivity contribution in [2.45, 2.75) is 45.4 Å². The van der Waals surface area contributed by atoms with Crippen molar-refractivity contribution < 1.29 is 9.59 Å². The summed E-state index contributed by atoms with van der Waals surface area (Å²) in [6, 6.07) is 10.1. The van der Waals surface area contributed by atoms with Crippen LogP contribution in [0.2, 0.25) is 0 Å². The third-order valence-electron chi connectivity index (χ3n) is 3.93. The van der Waals surface area contributed by atoms with Crippen molar-refractivity contribution in [1.29, 1.82) is 0 Å². The first kappa shape index (κ1) is 13.0. The van der Waals surface area contributed by atoms with Crippen LogP contribution in [0.4, 0.5) is 0 Å². The zero-order valence-electron chi connectivity index (χ0n) is 10.9. The van der Waals surface area contributed by atoms with Crippen molar-refractivity contribution in [2.75, 3.05) is 0 Å². The quantitative estimate of drug-likeness (QED) is 0.799. The lowest BCUT2D eigenvalue weighted by molar-refractivity contribution is -0.130. The van der Waals surface area contributed by atoms with E-state index in [1.807, 2.05) is 25.1 Å². The Morgan fingerprint density at radius 3 is 2.50 bits per heavy atom. The predicted octanol–water partition coefficient (Wildman–Crippen LogP) is 3.34. The van der Waals surface area contributed by atoms with Gasteiger partial charge in [-0.1, -0.05) is 37.3 Å². The van der Waals surface area contributed by atoms with E-state index in [2.05, 4.69) is 12.1 Å². The van der Waals surface area contributed by atoms with E-state index in [9.17, 15) is 9.59 Å². The first-order valence-corrected chi connectivity index (χ1v) is 6.69. The maximum atomic E-state index is 12.3. The number of carbonyl (C=O) groups excluding carboxylic acids is 2. The van der Waals surface area contributed by atoms with Crippen LogP contribution >= 0.6 is 0 Å². The van der Waals surface area contributed by atoms with E-state index >= 15 is 0 Å². The zero-order valence-corrected chi connectivity index (χ0v) is 10.9. The topological polar surface area (TPSA) is 34.1 Å². The van der Waals surface area contributed by atoms with Crippen LogP contribution in [-0.4, -0.2) is 11.6 Å². The highest BCUT2D eigenvalue weighted by Gasteiger charge is 2.34. The van der Waals surface area contributed by atoms with E-state index in [4.69, 9.17) is 0 Å². The van der Waals surface area contributed by atoms with Crippen LogP contribution in [0.3, 0.4) is 0 Å². The van der Waals surface area contributed by atoms with Gasteiger partial charge in [-0.25, -0.2) is 0 Å². The van der Waals surface area contributed by atoms with Crippen LogP contribution in [-0.2, 0) is 16.0 Å². The average molecular weight is 244 g/mol. The lowest BCUT2D eigenvalue weighted by Crippen LogP contribution is -2.32. The van der Waals surface area contributed by atoms with Gasteiger partial charge in [0.1, 0.15) is 11.6 Å². The number of Topliss-reactive ketones (excluding diaryl/α,β-unsaturated/α-hetero) is 2. The Bertz CT molecular complexity index is 436. The second-order valence-electron chi connectivity index (χ2n) is 5.54. The Morgan fingerprint density at radius 2 is 1.78 bits per heavy atom. The van der Waals surface area contributed by atoms with Crippen LogP contribution < -0.4 is 0 Å². The summed E-state index contributed by atoms with van der Waals surface area (Å²) in [6.45, 7) is 2.01. The molecular weight excluding hydrogens is 224 g/mol. The minimum absolute atomic E-state index is 0.307. The highest BCUT2D eigenvalue weighted by atomic mass is 16.1. The number of carbonyl (C=O) groups is 2. The summed E-state index contributed by atoms with van der Waals surface area (Å²) in [7, 11) is 0. The Morgan fingerprint density at radius 1 is 1.06 bits per heavy atom. The number of hydrogen-bond acceptors (Lipinski definition) is 2. The SMILES string of the molecule is CC1(Cc2ccccc2)CCC(=O)CCCC1=O. The Kier molecular flexibility index (Phi) is 3.95. The number of rotatable bonds is 2. The minimum Gasteiger partial charge on any atom is -0.300 e. The van der Waals surface area contributed by atoms with Crippen LogP contribution in [0, 0.1) is 5.41 Å². The van der Waals surface area contributed by atoms with Crippen molar-refractivity contribution >= 4 is 11.6 Å². The van der Waals surface area contributed by atoms with E-state index < -0.39 is 0 Å². The lowest BCUT2D eigenvalue weighted by atomic mass is 9.73. The van der Waals surface area contributed by atoms with Gasteiger partial charge in [-0.05, 0) is 24.8 Å². The molecule has 1 aromatic rings. The molecule has 0 bridgehead atoms. The van der Waals surface area contributed by atoms with Crippen molar-refractivity contribution in [3.8, 4) is 0 Å². The van der Waals surface area contributed by atoms with Gasteiger partial charge in [-0.15, -0.1) is 0 Å². The van der Waals surface area contributed by atoms with Crippen molar-refractivity contribution in [1.82, 2.24) is 0 Å². The molecule has 0 radical (unpaired) electrons. The van der Waals surface area contributed by atoms with Gasteiger partial charge in [0.05, 0.1) is 0 Å². The van der Waals surface area contributed by atoms with Gasteiger partial charge in [-0.3, -0.25) is 9.59 Å². The standard InChI is InChI=1S/C16H20O2/c1-16(12-13-6-3-2-4-7-13)11-10-14(17)8-5-9-15(16)18/h2-4,6-7H,5,8-12H2,1H3. The molecule has 2 rings (SSSR count). The molecule has 0 amide bonds. The molecule has 0 spiro atoms. The largest absolute Gasteiger partial charge is 0.300 e. The second-order valence-corrected chi connectivity index (χ2v) is 5.54. The molecule has 1 aliphatic rings. The van der Waals surface area contributed by atoms with Crippen molar-refractivity contribution in [3.63, 3.8) is 0 Å². The number of benzene rings is 1. The molecule has 1 unspecified atom stereocenters. The van der Waals surface area contributed by atoms with Gasteiger partial charge in [0.25, 0.3) is 0 Å². The van der Waals surface area contributed by atoms with Gasteiger partial charge < -0.3 is 0 Å². The fourth-order valence-electron chi connectivity index (χ4n) is 2.66. The molecule has 0 saturated heterocycles. The molecule has 1 aromatic carbocycles. The van der Waals surface area contributed by atoms with Gasteiger partial charge >= 0.3 is 0 Å². The molecule has 2 heteroatoms. The van der Waals surface area contributed by atoms with Gasteiger partial charge in [0, 0.05) is 24.7 Å². The van der Waals surface area contributed by atoms with E-state index in [0.717, 1.165) is 12.8 Å². The lowest BCUT2D eigenvalue weighted by Gasteiger charge is -2.29. The fourth-order valence-corrected chi connectivity index (χ4v) is 2.66. The van der Waals surface area contributed by atoms with E-state index in [1.165, 1.54) is 5.56 Å². The summed E-state index contributed by atoms with van der Waals surface area (Å²) in [4.78, 5) is 23.9. The Balaban J connectivity index is 2.15. The maximum absolute atomic E-state index is 12.3. The summed E-state index contributed by atoms with van der Waals surface area (Å²) in [5.74, 6) is 0.626. The third kappa shape index (κ3) is 3.06. The minimum atomic E-state index is -0.364. The molecule has 0 aromatic heterocycles. The Hall–Kier alpha value is -1.44. The van der Waals surface area contributed by atoms with Gasteiger partial charge in [-0.2, -0.15) is 0 Å². The molecular formula is C16H20O2. The predicted molar refractivity (Wildman–Crippen MR) is 71.4 cm³/mol. The molecule has 1 atom stereocenters. The summed E-state index contributed by atoms with van der Waals surface area (Å²) in [5, 5.41) is 0. The summed E-state index contributed by atoms with van der Waals surface area (Å²) >= 11 is 0. The first-order chi connectivity index (χ1) is 8.60. The smallest absolute Gasteiger partial charge is 0.139 e. The second kappa shape index (κ2) is 5.47. The summed E-state index contributed by atoms with van der Waals surface area (Å²) < 4.78 is 0. The average Bonchev–Trinajstić information content (AvgIpc) is 2.36. The van der Waals surface area contributed by atoms with Crippen LogP contribution in [0.5, 0.6) is 0 Å². The molecule has 1 fully saturated rings. The molecule has 18 heavy (non-hydrogen) atoms. The van der Waals surface area contributed by atoms with E-state index in [0.29, 0.717) is 37.2 Å². The highest BCUT2D eigenvalue weighted by Crippen LogP contribution is 2.33. The number of ketones is 2. The fraction of sp³-hybridized carbons (Fsp3) is 0.500. The molecule has 0 N–H and O–H groups in total. The van der Waals surface area contributed by atoms with Crippen LogP contribution in [0.15, 0.2) is 30.3 Å².